The molecule has 1 aromatic carbocycles. The molecule has 6 N–H and O–H groups in total. The molecule has 262 valence electrons. The number of ether oxygens (including phenoxy) is 2. The molecule has 2 heterocycles. The van der Waals surface area contributed by atoms with Crippen LogP contribution in [0.2, 0.25) is 5.02 Å². The van der Waals surface area contributed by atoms with E-state index in [-0.39, 0.29) is 37.9 Å². The van der Waals surface area contributed by atoms with Crippen LogP contribution in [0.25, 0.3) is 0 Å². The minimum absolute atomic E-state index is 0.0158. The molecule has 0 radical (unpaired) electrons. The summed E-state index contributed by atoms with van der Waals surface area (Å²) in [6, 6.07) is 2.71. The average molecular weight is 679 g/mol. The molecule has 0 aromatic heterocycles. The van der Waals surface area contributed by atoms with Crippen LogP contribution in [0, 0.1) is 0 Å². The van der Waals surface area contributed by atoms with E-state index in [0.29, 0.717) is 43.1 Å². The zero-order valence-electron chi connectivity index (χ0n) is 28.0. The predicted octanol–water partition coefficient (Wildman–Crippen LogP) is 2.65. The quantitative estimate of drug-likeness (QED) is 0.216. The minimum atomic E-state index is -1.11. The van der Waals surface area contributed by atoms with Gasteiger partial charge in [0.15, 0.2) is 0 Å². The first kappa shape index (κ1) is 37.9. The summed E-state index contributed by atoms with van der Waals surface area (Å²) in [5.41, 5.74) is 11.2. The number of aryl methyl sites for hydroxylation is 1. The molecule has 2 saturated heterocycles. The van der Waals surface area contributed by atoms with E-state index in [1.807, 2.05) is 12.1 Å². The molecule has 2 aliphatic heterocycles. The number of benzene rings is 1. The van der Waals surface area contributed by atoms with Gasteiger partial charge in [0.2, 0.25) is 23.6 Å². The molecule has 0 unspecified atom stereocenters. The Balaban J connectivity index is 1.75. The second-order valence-corrected chi connectivity index (χ2v) is 13.7. The predicted molar refractivity (Wildman–Crippen MR) is 178 cm³/mol. The van der Waals surface area contributed by atoms with Gasteiger partial charge in [0, 0.05) is 25.9 Å². The maximum Gasteiger partial charge on any atom is 0.408 e. The van der Waals surface area contributed by atoms with Crippen molar-refractivity contribution in [2.45, 2.75) is 115 Å². The number of carbonyl (C=O) groups is 5. The summed E-state index contributed by atoms with van der Waals surface area (Å²) in [6.45, 7) is 7.53. The van der Waals surface area contributed by atoms with Gasteiger partial charge >= 0.3 is 6.09 Å². The summed E-state index contributed by atoms with van der Waals surface area (Å²) in [6.07, 6.45) is 4.52. The maximum atomic E-state index is 14.0. The van der Waals surface area contributed by atoms with E-state index >= 15 is 0 Å². The molecule has 3 rings (SSSR count). The Hall–Kier alpha value is -3.58. The normalized spacial score (nSPS) is 20.5. The fourth-order valence-electron chi connectivity index (χ4n) is 5.97. The average Bonchev–Trinajstić information content (AvgIpc) is 3.40. The maximum absolute atomic E-state index is 14.0. The standard InChI is InChI=1S/C33H51ClN6O7/c1-21(41)39-18-16-24-13-14-26(40(24)31(44)25(19-39)38-32(45)47-33(2,3)4)30(43)37-23(12-15-28(36)42)20-46-27-11-8-10-22(29(27)34)9-6-5-7-17-35/h8,10-11,23-26H,5-7,9,12-20,35H2,1-4H3,(H2,36,42)(H,37,43)(H,38,45)/t23-,24+,25-,26-/m0/s1. The fourth-order valence-corrected chi connectivity index (χ4v) is 6.25. The molecule has 1 aromatic rings. The summed E-state index contributed by atoms with van der Waals surface area (Å²) in [4.78, 5) is 67.5. The fraction of sp³-hybridized carbons (Fsp3) is 0.667. The molecule has 47 heavy (non-hydrogen) atoms. The first-order valence-corrected chi connectivity index (χ1v) is 16.8. The molecule has 2 aliphatic rings. The smallest absolute Gasteiger partial charge is 0.408 e. The molecule has 0 spiro atoms. The second-order valence-electron chi connectivity index (χ2n) is 13.3. The van der Waals surface area contributed by atoms with E-state index < -0.39 is 47.5 Å². The first-order valence-electron chi connectivity index (χ1n) is 16.5. The number of alkyl carbamates (subject to hydrolysis) is 1. The van der Waals surface area contributed by atoms with E-state index in [1.54, 1.807) is 26.8 Å². The number of unbranched alkanes of at least 4 members (excludes halogenated alkanes) is 2. The summed E-state index contributed by atoms with van der Waals surface area (Å²) in [5.74, 6) is -1.15. The van der Waals surface area contributed by atoms with Crippen molar-refractivity contribution in [3.8, 4) is 5.75 Å². The van der Waals surface area contributed by atoms with Crippen molar-refractivity contribution in [1.29, 1.82) is 0 Å². The highest BCUT2D eigenvalue weighted by molar-refractivity contribution is 6.32. The van der Waals surface area contributed by atoms with Crippen LogP contribution in [-0.2, 0) is 30.3 Å². The molecule has 0 bridgehead atoms. The lowest BCUT2D eigenvalue weighted by molar-refractivity contribution is -0.145. The summed E-state index contributed by atoms with van der Waals surface area (Å²) >= 11 is 6.66. The van der Waals surface area contributed by atoms with Gasteiger partial charge in [-0.3, -0.25) is 19.2 Å². The third kappa shape index (κ3) is 11.6. The van der Waals surface area contributed by atoms with Crippen LogP contribution in [0.3, 0.4) is 0 Å². The summed E-state index contributed by atoms with van der Waals surface area (Å²) in [5, 5.41) is 6.09. The van der Waals surface area contributed by atoms with E-state index in [9.17, 15) is 24.0 Å². The molecule has 5 amide bonds. The van der Waals surface area contributed by atoms with Crippen LogP contribution < -0.4 is 26.8 Å². The Kier molecular flexibility index (Phi) is 14.1. The number of hydrogen-bond acceptors (Lipinski definition) is 8. The lowest BCUT2D eigenvalue weighted by Crippen LogP contribution is -2.61. The molecule has 0 aliphatic carbocycles. The molecular weight excluding hydrogens is 628 g/mol. The van der Waals surface area contributed by atoms with Gasteiger partial charge in [-0.25, -0.2) is 4.79 Å². The molecular formula is C33H51ClN6O7. The number of fused-ring (bicyclic) bond motifs is 1. The Morgan fingerprint density at radius 3 is 2.51 bits per heavy atom. The zero-order valence-corrected chi connectivity index (χ0v) is 28.8. The largest absolute Gasteiger partial charge is 0.490 e. The highest BCUT2D eigenvalue weighted by Crippen LogP contribution is 2.31. The summed E-state index contributed by atoms with van der Waals surface area (Å²) < 4.78 is 11.4. The van der Waals surface area contributed by atoms with Gasteiger partial charge < -0.3 is 41.4 Å². The molecule has 14 heteroatoms. The number of amides is 5. The zero-order chi connectivity index (χ0) is 34.7. The van der Waals surface area contributed by atoms with Gasteiger partial charge in [-0.05, 0) is 83.9 Å². The van der Waals surface area contributed by atoms with E-state index in [4.69, 9.17) is 32.5 Å². The van der Waals surface area contributed by atoms with Crippen molar-refractivity contribution in [1.82, 2.24) is 20.4 Å². The van der Waals surface area contributed by atoms with Gasteiger partial charge in [-0.1, -0.05) is 30.2 Å². The third-order valence-electron chi connectivity index (χ3n) is 8.35. The number of nitrogens with zero attached hydrogens (tertiary/aromatic N) is 2. The molecule has 0 saturated carbocycles. The number of halogens is 1. The number of nitrogens with two attached hydrogens (primary N) is 2. The third-order valence-corrected chi connectivity index (χ3v) is 8.78. The van der Waals surface area contributed by atoms with Gasteiger partial charge in [0.05, 0.1) is 17.6 Å². The van der Waals surface area contributed by atoms with Gasteiger partial charge in [-0.15, -0.1) is 0 Å². The van der Waals surface area contributed by atoms with Crippen molar-refractivity contribution in [3.63, 3.8) is 0 Å². The van der Waals surface area contributed by atoms with E-state index in [0.717, 1.165) is 31.2 Å². The minimum Gasteiger partial charge on any atom is -0.490 e. The Morgan fingerprint density at radius 1 is 1.11 bits per heavy atom. The number of rotatable bonds is 14. The lowest BCUT2D eigenvalue weighted by atomic mass is 10.1. The number of primary amides is 1. The van der Waals surface area contributed by atoms with E-state index in [2.05, 4.69) is 10.6 Å². The van der Waals surface area contributed by atoms with Gasteiger partial charge in [-0.2, -0.15) is 0 Å². The van der Waals surface area contributed by atoms with Crippen molar-refractivity contribution in [2.24, 2.45) is 11.5 Å². The van der Waals surface area contributed by atoms with Crippen molar-refractivity contribution < 1.29 is 33.4 Å². The molecule has 2 fully saturated rings. The van der Waals surface area contributed by atoms with Crippen LogP contribution in [0.4, 0.5) is 4.79 Å². The highest BCUT2D eigenvalue weighted by atomic mass is 35.5. The van der Waals surface area contributed by atoms with E-state index in [1.165, 1.54) is 16.7 Å². The number of nitrogens with one attached hydrogen (secondary N) is 2. The van der Waals surface area contributed by atoms with Gasteiger partial charge in [0.25, 0.3) is 0 Å². The van der Waals surface area contributed by atoms with Crippen LogP contribution >= 0.6 is 11.6 Å². The SMILES string of the molecule is CC(=O)N1CC[C@H]2CC[C@@H](C(=O)N[C@@H](CCC(N)=O)COc3cccc(CCCCCN)c3Cl)N2C(=O)[C@@H](NC(=O)OC(C)(C)C)C1. The Bertz CT molecular complexity index is 1270. The monoisotopic (exact) mass is 678 g/mol. The van der Waals surface area contributed by atoms with Crippen molar-refractivity contribution >= 4 is 41.3 Å². The van der Waals surface area contributed by atoms with Crippen molar-refractivity contribution in [2.75, 3.05) is 26.2 Å². The number of hydrogen-bond donors (Lipinski definition) is 4. The van der Waals surface area contributed by atoms with Crippen LogP contribution in [0.1, 0.15) is 84.6 Å². The second kappa shape index (κ2) is 17.5. The molecule has 13 nitrogen and oxygen atoms in total. The Labute approximate surface area is 282 Å². The number of carbonyl (C=O) groups excluding carboxylic acids is 5. The molecule has 4 atom stereocenters. The Morgan fingerprint density at radius 2 is 1.85 bits per heavy atom. The van der Waals surface area contributed by atoms with Crippen LogP contribution in [0.15, 0.2) is 18.2 Å². The van der Waals surface area contributed by atoms with Crippen LogP contribution in [-0.4, -0.2) is 95.5 Å². The highest BCUT2D eigenvalue weighted by Gasteiger charge is 2.45. The van der Waals surface area contributed by atoms with Gasteiger partial charge in [0.1, 0.15) is 30.0 Å². The summed E-state index contributed by atoms with van der Waals surface area (Å²) in [7, 11) is 0. The van der Waals surface area contributed by atoms with Crippen molar-refractivity contribution in [3.05, 3.63) is 28.8 Å². The first-order chi connectivity index (χ1) is 22.2. The van der Waals surface area contributed by atoms with Crippen LogP contribution in [0.5, 0.6) is 5.75 Å². The topological polar surface area (TPSA) is 186 Å². The lowest BCUT2D eigenvalue weighted by Gasteiger charge is -2.38.